The highest BCUT2D eigenvalue weighted by Crippen LogP contribution is 2.35. The van der Waals surface area contributed by atoms with Gasteiger partial charge in [-0.3, -0.25) is 10.1 Å². The molecule has 0 aliphatic heterocycles. The Morgan fingerprint density at radius 1 is 1.11 bits per heavy atom. The van der Waals surface area contributed by atoms with E-state index in [1.54, 1.807) is 0 Å². The molecule has 0 unspecified atom stereocenters. The van der Waals surface area contributed by atoms with Crippen LogP contribution >= 0.6 is 0 Å². The van der Waals surface area contributed by atoms with Gasteiger partial charge in [0.1, 0.15) is 0 Å². The summed E-state index contributed by atoms with van der Waals surface area (Å²) in [5.41, 5.74) is -1.17. The highest BCUT2D eigenvalue weighted by Gasteiger charge is 2.42. The number of hydrogen-bond donors (Lipinski definition) is 1. The number of phenolic OH excluding ortho intramolecular Hbond substituents is 1. The van der Waals surface area contributed by atoms with Gasteiger partial charge >= 0.3 is 17.8 Å². The van der Waals surface area contributed by atoms with Crippen LogP contribution in [0.2, 0.25) is 0 Å². The fraction of sp³-hybridized carbons (Fsp3) is 0.133. The molecule has 0 aliphatic rings. The number of sulfone groups is 1. The first-order valence-corrected chi connectivity index (χ1v) is 8.55. The molecule has 2 aromatic carbocycles. The van der Waals surface area contributed by atoms with Crippen molar-refractivity contribution in [1.82, 2.24) is 0 Å². The van der Waals surface area contributed by atoms with Crippen molar-refractivity contribution < 1.29 is 45.9 Å². The average molecular weight is 421 g/mol. The minimum atomic E-state index is -5.40. The third-order valence-electron chi connectivity index (χ3n) is 3.33. The zero-order valence-electron chi connectivity index (χ0n) is 13.8. The van der Waals surface area contributed by atoms with Gasteiger partial charge < -0.3 is 14.6 Å². The van der Waals surface area contributed by atoms with Crippen molar-refractivity contribution >= 4 is 21.5 Å². The summed E-state index contributed by atoms with van der Waals surface area (Å²) in [5, 5.41) is 20.8. The van der Waals surface area contributed by atoms with Gasteiger partial charge in [0.25, 0.3) is 0 Å². The average Bonchev–Trinajstić information content (AvgIpc) is 2.60. The fourth-order valence-electron chi connectivity index (χ4n) is 2.02. The molecule has 2 rings (SSSR count). The highest BCUT2D eigenvalue weighted by molar-refractivity contribution is 7.91. The highest BCUT2D eigenvalue weighted by atomic mass is 32.2. The van der Waals surface area contributed by atoms with E-state index in [-0.39, 0.29) is 5.75 Å². The van der Waals surface area contributed by atoms with Crippen LogP contribution in [0.3, 0.4) is 0 Å². The van der Waals surface area contributed by atoms with E-state index in [4.69, 9.17) is 4.74 Å². The van der Waals surface area contributed by atoms with Gasteiger partial charge in [-0.15, -0.1) is 0 Å². The van der Waals surface area contributed by atoms with Crippen LogP contribution in [0, 0.1) is 10.1 Å². The number of ether oxygens (including phenoxy) is 2. The van der Waals surface area contributed by atoms with Crippen molar-refractivity contribution in [3.63, 3.8) is 0 Å². The Balaban J connectivity index is 2.52. The first-order chi connectivity index (χ1) is 12.9. The molecule has 0 fully saturated rings. The Kier molecular flexibility index (Phi) is 5.50. The molecule has 0 spiro atoms. The number of benzene rings is 2. The molecule has 0 heterocycles. The van der Waals surface area contributed by atoms with Crippen molar-refractivity contribution in [2.24, 2.45) is 0 Å². The van der Waals surface area contributed by atoms with Crippen molar-refractivity contribution in [3.8, 4) is 17.2 Å². The van der Waals surface area contributed by atoms with Crippen LogP contribution in [0.15, 0.2) is 46.2 Å². The summed E-state index contributed by atoms with van der Waals surface area (Å²) < 4.78 is 70.7. The lowest BCUT2D eigenvalue weighted by molar-refractivity contribution is -0.386. The number of nitro groups is 1. The number of phenols is 1. The standard InChI is InChI=1S/C15H10F3NO8S/c1-26-13-5-3-9(7-11(13)20)28(24,25)8-2-4-12(10(6-8)19(22)23)27-14(21)15(16,17)18/h2-7,20H,1H3. The Labute approximate surface area is 155 Å². The fourth-order valence-corrected chi connectivity index (χ4v) is 3.32. The van der Waals surface area contributed by atoms with Gasteiger partial charge in [0.15, 0.2) is 11.5 Å². The van der Waals surface area contributed by atoms with E-state index in [0.29, 0.717) is 12.1 Å². The van der Waals surface area contributed by atoms with Crippen LogP contribution in [0.1, 0.15) is 0 Å². The lowest BCUT2D eigenvalue weighted by Gasteiger charge is -2.10. The monoisotopic (exact) mass is 421 g/mol. The number of nitro benzene ring substituents is 1. The molecular weight excluding hydrogens is 411 g/mol. The van der Waals surface area contributed by atoms with Gasteiger partial charge in [0, 0.05) is 12.1 Å². The van der Waals surface area contributed by atoms with Crippen LogP contribution in [-0.2, 0) is 14.6 Å². The summed E-state index contributed by atoms with van der Waals surface area (Å²) in [5.74, 6) is -4.33. The molecular formula is C15H10F3NO8S. The molecule has 28 heavy (non-hydrogen) atoms. The predicted octanol–water partition coefficient (Wildman–Crippen LogP) is 2.61. The molecule has 0 amide bonds. The van der Waals surface area contributed by atoms with Crippen molar-refractivity contribution in [3.05, 3.63) is 46.5 Å². The molecule has 150 valence electrons. The summed E-state index contributed by atoms with van der Waals surface area (Å²) in [6.45, 7) is 0. The van der Waals surface area contributed by atoms with Gasteiger partial charge in [-0.05, 0) is 24.3 Å². The predicted molar refractivity (Wildman–Crippen MR) is 84.9 cm³/mol. The van der Waals surface area contributed by atoms with Crippen molar-refractivity contribution in [1.29, 1.82) is 0 Å². The normalized spacial score (nSPS) is 11.7. The molecule has 1 N–H and O–H groups in total. The molecule has 0 radical (unpaired) electrons. The summed E-state index contributed by atoms with van der Waals surface area (Å²) in [6, 6.07) is 4.74. The van der Waals surface area contributed by atoms with E-state index in [1.165, 1.54) is 7.11 Å². The number of aromatic hydroxyl groups is 1. The van der Waals surface area contributed by atoms with Crippen LogP contribution in [0.25, 0.3) is 0 Å². The van der Waals surface area contributed by atoms with E-state index < -0.39 is 53.9 Å². The molecule has 0 bridgehead atoms. The molecule has 0 saturated carbocycles. The number of halogens is 3. The van der Waals surface area contributed by atoms with E-state index in [1.807, 2.05) is 0 Å². The molecule has 0 atom stereocenters. The van der Waals surface area contributed by atoms with Crippen LogP contribution < -0.4 is 9.47 Å². The minimum Gasteiger partial charge on any atom is -0.504 e. The van der Waals surface area contributed by atoms with Crippen LogP contribution in [0.4, 0.5) is 18.9 Å². The zero-order valence-corrected chi connectivity index (χ0v) is 14.6. The molecule has 13 heteroatoms. The first-order valence-electron chi connectivity index (χ1n) is 7.07. The van der Waals surface area contributed by atoms with E-state index >= 15 is 0 Å². The number of methoxy groups -OCH3 is 1. The summed E-state index contributed by atoms with van der Waals surface area (Å²) in [7, 11) is -3.17. The summed E-state index contributed by atoms with van der Waals surface area (Å²) in [6.07, 6.45) is -5.40. The smallest absolute Gasteiger partial charge is 0.491 e. The van der Waals surface area contributed by atoms with Gasteiger partial charge in [-0.25, -0.2) is 13.2 Å². The van der Waals surface area contributed by atoms with Crippen molar-refractivity contribution in [2.75, 3.05) is 7.11 Å². The number of alkyl halides is 3. The molecule has 0 saturated heterocycles. The maximum atomic E-state index is 12.6. The zero-order chi connectivity index (χ0) is 21.3. The van der Waals surface area contributed by atoms with Gasteiger partial charge in [-0.2, -0.15) is 13.2 Å². The summed E-state index contributed by atoms with van der Waals surface area (Å²) >= 11 is 0. The number of rotatable bonds is 5. The van der Waals surface area contributed by atoms with E-state index in [2.05, 4.69) is 4.74 Å². The number of carbonyl (C=O) groups excluding carboxylic acids is 1. The Hall–Kier alpha value is -3.35. The minimum absolute atomic E-state index is 0.0284. The largest absolute Gasteiger partial charge is 0.504 e. The Morgan fingerprint density at radius 2 is 1.64 bits per heavy atom. The third-order valence-corrected chi connectivity index (χ3v) is 5.08. The van der Waals surface area contributed by atoms with Gasteiger partial charge in [-0.1, -0.05) is 0 Å². The second kappa shape index (κ2) is 7.34. The number of hydrogen-bond acceptors (Lipinski definition) is 8. The van der Waals surface area contributed by atoms with E-state index in [0.717, 1.165) is 24.3 Å². The first kappa shape index (κ1) is 21.0. The third kappa shape index (κ3) is 4.14. The van der Waals surface area contributed by atoms with Gasteiger partial charge in [0.2, 0.25) is 15.6 Å². The molecule has 2 aromatic rings. The lowest BCUT2D eigenvalue weighted by Crippen LogP contribution is -2.28. The molecule has 0 aliphatic carbocycles. The second-order valence-electron chi connectivity index (χ2n) is 5.11. The number of esters is 1. The van der Waals surface area contributed by atoms with Gasteiger partial charge in [0.05, 0.1) is 21.8 Å². The maximum Gasteiger partial charge on any atom is 0.491 e. The molecule has 0 aromatic heterocycles. The Bertz CT molecular complexity index is 1050. The van der Waals surface area contributed by atoms with E-state index in [9.17, 15) is 41.6 Å². The SMILES string of the molecule is COc1ccc(S(=O)(=O)c2ccc(OC(=O)C(F)(F)F)c([N+](=O)[O-])c2)cc1O. The lowest BCUT2D eigenvalue weighted by atomic mass is 10.3. The topological polar surface area (TPSA) is 133 Å². The summed E-state index contributed by atoms with van der Waals surface area (Å²) in [4.78, 5) is 19.6. The maximum absolute atomic E-state index is 12.6. The number of nitrogens with zero attached hydrogens (tertiary/aromatic N) is 1. The molecule has 9 nitrogen and oxygen atoms in total. The number of carbonyl (C=O) groups is 1. The van der Waals surface area contributed by atoms with Crippen LogP contribution in [0.5, 0.6) is 17.2 Å². The quantitative estimate of drug-likeness (QED) is 0.337. The van der Waals surface area contributed by atoms with Crippen LogP contribution in [-0.4, -0.2) is 37.7 Å². The van der Waals surface area contributed by atoms with Crippen molar-refractivity contribution in [2.45, 2.75) is 16.0 Å². The second-order valence-corrected chi connectivity index (χ2v) is 7.06. The Morgan fingerprint density at radius 3 is 2.11 bits per heavy atom.